The second-order valence-corrected chi connectivity index (χ2v) is 4.40. The minimum atomic E-state index is -0.441. The Kier molecular flexibility index (Phi) is 6.05. The van der Waals surface area contributed by atoms with Crippen molar-refractivity contribution in [2.24, 2.45) is 0 Å². The number of amides is 1. The summed E-state index contributed by atoms with van der Waals surface area (Å²) >= 11 is 0. The highest BCUT2D eigenvalue weighted by molar-refractivity contribution is 5.85. The van der Waals surface area contributed by atoms with Crippen LogP contribution in [0.3, 0.4) is 0 Å². The molecule has 1 amide bonds. The minimum absolute atomic E-state index is 0. The first-order valence-electron chi connectivity index (χ1n) is 6.00. The van der Waals surface area contributed by atoms with Crippen LogP contribution in [-0.4, -0.2) is 55.5 Å². The maximum absolute atomic E-state index is 13.3. The van der Waals surface area contributed by atoms with Gasteiger partial charge in [0, 0.05) is 26.2 Å². The molecule has 1 aromatic rings. The van der Waals surface area contributed by atoms with Crippen LogP contribution in [-0.2, 0) is 4.79 Å². The number of nitrogens with zero attached hydrogens (tertiary/aromatic N) is 2. The highest BCUT2D eigenvalue weighted by Gasteiger charge is 2.19. The highest BCUT2D eigenvalue weighted by Crippen LogP contribution is 2.15. The van der Waals surface area contributed by atoms with Gasteiger partial charge in [-0.2, -0.15) is 0 Å². The Hall–Kier alpha value is -1.33. The molecule has 0 saturated carbocycles. The average Bonchev–Trinajstić information content (AvgIpc) is 2.38. The smallest absolute Gasteiger partial charge is 0.260 e. The van der Waals surface area contributed by atoms with Crippen LogP contribution in [0, 0.1) is 5.82 Å². The van der Waals surface area contributed by atoms with Crippen LogP contribution in [0.1, 0.15) is 0 Å². The molecule has 0 bridgehead atoms. The molecular formula is C13H18ClFN2O2. The summed E-state index contributed by atoms with van der Waals surface area (Å²) in [5.74, 6) is -0.407. The number of hydrogen-bond donors (Lipinski definition) is 0. The molecule has 0 radical (unpaired) electrons. The molecule has 2 rings (SSSR count). The van der Waals surface area contributed by atoms with Gasteiger partial charge in [0.15, 0.2) is 18.2 Å². The van der Waals surface area contributed by atoms with E-state index in [9.17, 15) is 9.18 Å². The molecule has 6 heteroatoms. The van der Waals surface area contributed by atoms with Gasteiger partial charge in [-0.1, -0.05) is 12.1 Å². The monoisotopic (exact) mass is 288 g/mol. The van der Waals surface area contributed by atoms with Gasteiger partial charge < -0.3 is 14.5 Å². The van der Waals surface area contributed by atoms with E-state index in [1.54, 1.807) is 17.0 Å². The predicted molar refractivity (Wildman–Crippen MR) is 73.2 cm³/mol. The van der Waals surface area contributed by atoms with Crippen molar-refractivity contribution in [1.29, 1.82) is 0 Å². The Bertz CT molecular complexity index is 423. The second-order valence-electron chi connectivity index (χ2n) is 4.40. The van der Waals surface area contributed by atoms with Crippen molar-refractivity contribution in [1.82, 2.24) is 9.80 Å². The zero-order valence-corrected chi connectivity index (χ0v) is 11.7. The van der Waals surface area contributed by atoms with Crippen molar-refractivity contribution >= 4 is 18.3 Å². The normalized spacial score (nSPS) is 15.8. The minimum Gasteiger partial charge on any atom is -0.481 e. The molecule has 1 saturated heterocycles. The lowest BCUT2D eigenvalue weighted by atomic mass is 10.3. The number of para-hydroxylation sites is 1. The van der Waals surface area contributed by atoms with Crippen LogP contribution in [0.2, 0.25) is 0 Å². The van der Waals surface area contributed by atoms with Crippen LogP contribution in [0.4, 0.5) is 4.39 Å². The fourth-order valence-corrected chi connectivity index (χ4v) is 1.85. The molecule has 0 aromatic heterocycles. The van der Waals surface area contributed by atoms with Crippen molar-refractivity contribution in [2.45, 2.75) is 0 Å². The molecule has 106 valence electrons. The molecule has 0 unspecified atom stereocenters. The Morgan fingerprint density at radius 1 is 1.26 bits per heavy atom. The third-order valence-electron chi connectivity index (χ3n) is 3.04. The van der Waals surface area contributed by atoms with Gasteiger partial charge in [0.1, 0.15) is 0 Å². The Labute approximate surface area is 118 Å². The maximum atomic E-state index is 13.3. The maximum Gasteiger partial charge on any atom is 0.260 e. The van der Waals surface area contributed by atoms with E-state index in [1.165, 1.54) is 12.1 Å². The van der Waals surface area contributed by atoms with Gasteiger partial charge >= 0.3 is 0 Å². The summed E-state index contributed by atoms with van der Waals surface area (Å²) in [6.45, 7) is 3.04. The van der Waals surface area contributed by atoms with Gasteiger partial charge in [0.05, 0.1) is 0 Å². The number of halogens is 2. The van der Waals surface area contributed by atoms with Crippen LogP contribution < -0.4 is 4.74 Å². The highest BCUT2D eigenvalue weighted by atomic mass is 35.5. The van der Waals surface area contributed by atoms with E-state index in [0.717, 1.165) is 13.1 Å². The van der Waals surface area contributed by atoms with Gasteiger partial charge in [0.2, 0.25) is 0 Å². The van der Waals surface area contributed by atoms with E-state index in [4.69, 9.17) is 4.74 Å². The SMILES string of the molecule is CN1CCN(C(=O)COc2ccccc2F)CC1.Cl. The summed E-state index contributed by atoms with van der Waals surface area (Å²) in [4.78, 5) is 15.8. The van der Waals surface area contributed by atoms with E-state index in [2.05, 4.69) is 4.90 Å². The number of benzene rings is 1. The third-order valence-corrected chi connectivity index (χ3v) is 3.04. The molecule has 1 aliphatic rings. The number of carbonyl (C=O) groups excluding carboxylic acids is 1. The molecule has 0 aliphatic carbocycles. The first kappa shape index (κ1) is 15.7. The number of ether oxygens (including phenoxy) is 1. The van der Waals surface area contributed by atoms with Gasteiger partial charge in [-0.05, 0) is 19.2 Å². The van der Waals surface area contributed by atoms with Crippen LogP contribution in [0.25, 0.3) is 0 Å². The molecule has 0 spiro atoms. The Morgan fingerprint density at radius 2 is 1.89 bits per heavy atom. The molecule has 1 fully saturated rings. The Balaban J connectivity index is 0.00000180. The van der Waals surface area contributed by atoms with Crippen molar-refractivity contribution in [3.8, 4) is 5.75 Å². The molecule has 4 nitrogen and oxygen atoms in total. The lowest BCUT2D eigenvalue weighted by Gasteiger charge is -2.32. The topological polar surface area (TPSA) is 32.8 Å². The number of piperazine rings is 1. The number of likely N-dealkylation sites (N-methyl/N-ethyl adjacent to an activating group) is 1. The van der Waals surface area contributed by atoms with E-state index in [1.807, 2.05) is 7.05 Å². The average molecular weight is 289 g/mol. The largest absolute Gasteiger partial charge is 0.481 e. The van der Waals surface area contributed by atoms with E-state index < -0.39 is 5.82 Å². The van der Waals surface area contributed by atoms with Crippen molar-refractivity contribution < 1.29 is 13.9 Å². The fraction of sp³-hybridized carbons (Fsp3) is 0.462. The van der Waals surface area contributed by atoms with Crippen LogP contribution >= 0.6 is 12.4 Å². The summed E-state index contributed by atoms with van der Waals surface area (Å²) in [5.41, 5.74) is 0. The molecule has 1 aliphatic heterocycles. The van der Waals surface area contributed by atoms with E-state index in [0.29, 0.717) is 13.1 Å². The molecule has 0 N–H and O–H groups in total. The predicted octanol–water partition coefficient (Wildman–Crippen LogP) is 1.40. The standard InChI is InChI=1S/C13H17FN2O2.ClH/c1-15-6-8-16(9-7-15)13(17)10-18-12-5-3-2-4-11(12)14;/h2-5H,6-10H2,1H3;1H. The number of hydrogen-bond acceptors (Lipinski definition) is 3. The van der Waals surface area contributed by atoms with Gasteiger partial charge in [0.25, 0.3) is 5.91 Å². The fourth-order valence-electron chi connectivity index (χ4n) is 1.85. The van der Waals surface area contributed by atoms with Gasteiger partial charge in [-0.25, -0.2) is 4.39 Å². The zero-order chi connectivity index (χ0) is 13.0. The molecule has 1 aromatic carbocycles. The van der Waals surface area contributed by atoms with Gasteiger partial charge in [-0.3, -0.25) is 4.79 Å². The number of carbonyl (C=O) groups is 1. The number of rotatable bonds is 3. The Morgan fingerprint density at radius 3 is 2.53 bits per heavy atom. The first-order chi connectivity index (χ1) is 8.66. The van der Waals surface area contributed by atoms with Crippen molar-refractivity contribution in [3.63, 3.8) is 0 Å². The molecule has 1 heterocycles. The van der Waals surface area contributed by atoms with E-state index in [-0.39, 0.29) is 30.7 Å². The summed E-state index contributed by atoms with van der Waals surface area (Å²) in [6.07, 6.45) is 0. The summed E-state index contributed by atoms with van der Waals surface area (Å²) in [7, 11) is 2.03. The van der Waals surface area contributed by atoms with Crippen LogP contribution in [0.5, 0.6) is 5.75 Å². The lowest BCUT2D eigenvalue weighted by molar-refractivity contribution is -0.134. The quantitative estimate of drug-likeness (QED) is 0.843. The van der Waals surface area contributed by atoms with E-state index >= 15 is 0 Å². The first-order valence-corrected chi connectivity index (χ1v) is 6.00. The van der Waals surface area contributed by atoms with Crippen molar-refractivity contribution in [3.05, 3.63) is 30.1 Å². The lowest BCUT2D eigenvalue weighted by Crippen LogP contribution is -2.48. The molecule has 0 atom stereocenters. The van der Waals surface area contributed by atoms with Gasteiger partial charge in [-0.15, -0.1) is 12.4 Å². The summed E-state index contributed by atoms with van der Waals surface area (Å²) in [6, 6.07) is 6.10. The summed E-state index contributed by atoms with van der Waals surface area (Å²) < 4.78 is 18.5. The second kappa shape index (κ2) is 7.31. The summed E-state index contributed by atoms with van der Waals surface area (Å²) in [5, 5.41) is 0. The third kappa shape index (κ3) is 4.36. The molecule has 19 heavy (non-hydrogen) atoms. The molecular weight excluding hydrogens is 271 g/mol. The van der Waals surface area contributed by atoms with Crippen molar-refractivity contribution in [2.75, 3.05) is 39.8 Å². The van der Waals surface area contributed by atoms with Crippen LogP contribution in [0.15, 0.2) is 24.3 Å². The zero-order valence-electron chi connectivity index (χ0n) is 10.8.